The molecule has 1 unspecified atom stereocenters. The van der Waals surface area contributed by atoms with E-state index in [1.54, 1.807) is 18.2 Å². The molecular formula is C19H21F2N4O8P. The maximum Gasteiger partial charge on any atom is 0.459 e. The first-order chi connectivity index (χ1) is 16.1. The average molecular weight is 502 g/mol. The number of carbonyl (C=O) groups excluding carboxylic acids is 1. The second-order valence-corrected chi connectivity index (χ2v) is 9.22. The van der Waals surface area contributed by atoms with Crippen molar-refractivity contribution in [2.45, 2.75) is 36.8 Å². The molecule has 0 aliphatic carbocycles. The monoisotopic (exact) mass is 502 g/mol. The number of aliphatic hydroxyl groups is 1. The number of benzene rings is 1. The Labute approximate surface area is 191 Å². The minimum absolute atomic E-state index is 0.0879. The highest BCUT2D eigenvalue weighted by atomic mass is 31.2. The van der Waals surface area contributed by atoms with Crippen molar-refractivity contribution in [3.8, 4) is 5.75 Å². The zero-order chi connectivity index (χ0) is 24.5. The molecule has 1 aromatic heterocycles. The van der Waals surface area contributed by atoms with Gasteiger partial charge in [-0.3, -0.25) is 13.9 Å². The fraction of sp³-hybridized carbons (Fsp3) is 0.421. The molecule has 0 saturated carbocycles. The van der Waals surface area contributed by atoms with Crippen LogP contribution in [0.25, 0.3) is 0 Å². The largest absolute Gasteiger partial charge is 0.464 e. The number of nitrogens with one attached hydrogen (secondary N) is 1. The molecule has 12 nitrogen and oxygen atoms in total. The normalized spacial score (nSPS) is 27.8. The van der Waals surface area contributed by atoms with Crippen molar-refractivity contribution in [3.05, 3.63) is 53.1 Å². The fourth-order valence-electron chi connectivity index (χ4n) is 3.40. The van der Waals surface area contributed by atoms with Gasteiger partial charge in [-0.05, 0) is 18.2 Å². The number of halogens is 2. The molecule has 0 spiro atoms. The molecule has 184 valence electrons. The summed E-state index contributed by atoms with van der Waals surface area (Å²) in [5.74, 6) is -4.68. The van der Waals surface area contributed by atoms with Gasteiger partial charge in [-0.1, -0.05) is 18.2 Å². The fourth-order valence-corrected chi connectivity index (χ4v) is 4.93. The topological polar surface area (TPSA) is 164 Å². The molecular weight excluding hydrogens is 481 g/mol. The summed E-state index contributed by atoms with van der Waals surface area (Å²) in [5, 5.41) is 12.6. The van der Waals surface area contributed by atoms with E-state index in [0.29, 0.717) is 4.57 Å². The van der Waals surface area contributed by atoms with E-state index in [1.165, 1.54) is 12.1 Å². The van der Waals surface area contributed by atoms with Crippen LogP contribution in [0, 0.1) is 0 Å². The molecule has 0 radical (unpaired) electrons. The number of alkyl halides is 2. The zero-order valence-corrected chi connectivity index (χ0v) is 18.3. The number of cyclic esters (lactones) is 1. The Bertz CT molecular complexity index is 1150. The van der Waals surface area contributed by atoms with Crippen molar-refractivity contribution >= 4 is 19.5 Å². The van der Waals surface area contributed by atoms with Crippen molar-refractivity contribution in [2.75, 3.05) is 18.9 Å². The summed E-state index contributed by atoms with van der Waals surface area (Å²) in [6.07, 6.45) is -5.22. The van der Waals surface area contributed by atoms with Crippen molar-refractivity contribution in [3.63, 3.8) is 0 Å². The second-order valence-electron chi connectivity index (χ2n) is 7.52. The van der Waals surface area contributed by atoms with E-state index in [4.69, 9.17) is 24.3 Å². The Kier molecular flexibility index (Phi) is 6.69. The van der Waals surface area contributed by atoms with Crippen LogP contribution in [0.4, 0.5) is 14.6 Å². The molecule has 34 heavy (non-hydrogen) atoms. The Morgan fingerprint density at radius 2 is 2.03 bits per heavy atom. The molecule has 5 atom stereocenters. The Hall–Kier alpha value is -2.90. The van der Waals surface area contributed by atoms with Crippen molar-refractivity contribution in [1.29, 1.82) is 0 Å². The highest BCUT2D eigenvalue weighted by Gasteiger charge is 2.60. The lowest BCUT2D eigenvalue weighted by atomic mass is 10.1. The third-order valence-electron chi connectivity index (χ3n) is 5.11. The maximum absolute atomic E-state index is 14.7. The van der Waals surface area contributed by atoms with Crippen LogP contribution in [0.15, 0.2) is 47.4 Å². The van der Waals surface area contributed by atoms with Gasteiger partial charge in [-0.25, -0.2) is 9.36 Å². The summed E-state index contributed by atoms with van der Waals surface area (Å²) < 4.78 is 64.1. The third kappa shape index (κ3) is 4.95. The Morgan fingerprint density at radius 1 is 1.29 bits per heavy atom. The molecule has 4 rings (SSSR count). The van der Waals surface area contributed by atoms with Crippen LogP contribution < -0.4 is 21.0 Å². The predicted molar refractivity (Wildman–Crippen MR) is 111 cm³/mol. The van der Waals surface area contributed by atoms with Gasteiger partial charge in [-0.15, -0.1) is 0 Å². The molecule has 2 aliphatic heterocycles. The first-order valence-corrected chi connectivity index (χ1v) is 11.6. The maximum atomic E-state index is 14.7. The highest BCUT2D eigenvalue weighted by molar-refractivity contribution is 7.52. The van der Waals surface area contributed by atoms with E-state index in [1.807, 2.05) is 0 Å². The van der Waals surface area contributed by atoms with Crippen molar-refractivity contribution in [1.82, 2.24) is 14.6 Å². The number of nitrogens with zero attached hydrogens (tertiary/aromatic N) is 2. The number of anilines is 1. The number of nitrogens with two attached hydrogens (primary N) is 1. The lowest BCUT2D eigenvalue weighted by Gasteiger charge is -2.23. The van der Waals surface area contributed by atoms with E-state index in [-0.39, 0.29) is 24.6 Å². The molecule has 2 saturated heterocycles. The standard InChI is InChI=1S/C19H21F2N4O8P/c20-19(21)15(26)13(32-17(19)25-8-6-14(22)23-18(25)28)10-31-34(29,24-12-7-9-30-16(12)27)33-11-4-2-1-3-5-11/h1-6,8,12-13,15,17,26H,7,9-10H2,(H,24,29)(H2,22,23,28)/t12-,13+,15+,17+,34?/m0/s1. The van der Waals surface area contributed by atoms with E-state index in [2.05, 4.69) is 10.1 Å². The lowest BCUT2D eigenvalue weighted by molar-refractivity contribution is -0.141. The molecule has 0 bridgehead atoms. The van der Waals surface area contributed by atoms with Crippen LogP contribution in [0.1, 0.15) is 12.6 Å². The van der Waals surface area contributed by atoms with Crippen LogP contribution in [0.5, 0.6) is 5.75 Å². The minimum Gasteiger partial charge on any atom is -0.464 e. The lowest BCUT2D eigenvalue weighted by Crippen LogP contribution is -2.42. The summed E-state index contributed by atoms with van der Waals surface area (Å²) in [4.78, 5) is 27.2. The van der Waals surface area contributed by atoms with Crippen molar-refractivity contribution in [2.24, 2.45) is 0 Å². The molecule has 0 amide bonds. The average Bonchev–Trinajstić information content (AvgIpc) is 3.28. The van der Waals surface area contributed by atoms with Gasteiger partial charge in [0, 0.05) is 12.6 Å². The van der Waals surface area contributed by atoms with E-state index < -0.39 is 56.4 Å². The van der Waals surface area contributed by atoms with Gasteiger partial charge >= 0.3 is 25.3 Å². The predicted octanol–water partition coefficient (Wildman–Crippen LogP) is 0.828. The molecule has 4 N–H and O–H groups in total. The molecule has 2 aliphatic rings. The zero-order valence-electron chi connectivity index (χ0n) is 17.5. The Balaban J connectivity index is 1.52. The van der Waals surface area contributed by atoms with Gasteiger partial charge in [0.2, 0.25) is 6.23 Å². The third-order valence-corrected chi connectivity index (χ3v) is 6.68. The van der Waals surface area contributed by atoms with Gasteiger partial charge in [-0.2, -0.15) is 18.9 Å². The number of esters is 1. The highest BCUT2D eigenvalue weighted by Crippen LogP contribution is 2.48. The van der Waals surface area contributed by atoms with Gasteiger partial charge in [0.15, 0.2) is 6.10 Å². The number of carbonyl (C=O) groups is 1. The molecule has 3 heterocycles. The SMILES string of the molecule is Nc1ccn([C@@H]2O[C@H](COP(=O)(N[C@H]3CCOC3=O)Oc3ccccc3)[C@@H](O)C2(F)F)c(=O)n1. The number of nitrogen functional groups attached to an aromatic ring is 1. The minimum atomic E-state index is -4.34. The number of para-hydroxylation sites is 1. The van der Waals surface area contributed by atoms with Crippen LogP contribution in [-0.4, -0.2) is 58.0 Å². The molecule has 2 aromatic rings. The van der Waals surface area contributed by atoms with Gasteiger partial charge in [0.1, 0.15) is 23.7 Å². The Morgan fingerprint density at radius 3 is 2.68 bits per heavy atom. The van der Waals surface area contributed by atoms with Gasteiger partial charge < -0.3 is 24.8 Å². The number of aromatic nitrogens is 2. The summed E-state index contributed by atoms with van der Waals surface area (Å²) in [7, 11) is -4.34. The summed E-state index contributed by atoms with van der Waals surface area (Å²) >= 11 is 0. The van der Waals surface area contributed by atoms with E-state index >= 15 is 0 Å². The molecule has 2 fully saturated rings. The van der Waals surface area contributed by atoms with Crippen LogP contribution in [-0.2, 0) is 23.4 Å². The smallest absolute Gasteiger partial charge is 0.459 e. The van der Waals surface area contributed by atoms with Gasteiger partial charge in [0.25, 0.3) is 0 Å². The number of rotatable bonds is 8. The summed E-state index contributed by atoms with van der Waals surface area (Å²) in [6.45, 7) is -0.742. The molecule has 15 heteroatoms. The molecule has 1 aromatic carbocycles. The van der Waals surface area contributed by atoms with Crippen LogP contribution in [0.3, 0.4) is 0 Å². The van der Waals surface area contributed by atoms with E-state index in [9.17, 15) is 28.0 Å². The first kappa shape index (κ1) is 24.2. The number of hydrogen-bond donors (Lipinski definition) is 3. The summed E-state index contributed by atoms with van der Waals surface area (Å²) in [6, 6.07) is 7.90. The van der Waals surface area contributed by atoms with Crippen LogP contribution >= 0.6 is 7.75 Å². The summed E-state index contributed by atoms with van der Waals surface area (Å²) in [5.41, 5.74) is 4.26. The number of aliphatic hydroxyl groups excluding tert-OH is 1. The van der Waals surface area contributed by atoms with E-state index in [0.717, 1.165) is 12.3 Å². The second kappa shape index (κ2) is 9.39. The van der Waals surface area contributed by atoms with Gasteiger partial charge in [0.05, 0.1) is 13.2 Å². The number of hydrogen-bond acceptors (Lipinski definition) is 10. The first-order valence-electron chi connectivity index (χ1n) is 10.1. The quantitative estimate of drug-likeness (QED) is 0.346. The number of ether oxygens (including phenoxy) is 2. The van der Waals surface area contributed by atoms with Crippen molar-refractivity contribution < 1.29 is 41.8 Å². The van der Waals surface area contributed by atoms with Crippen LogP contribution in [0.2, 0.25) is 0 Å².